The summed E-state index contributed by atoms with van der Waals surface area (Å²) in [6, 6.07) is 19.1. The Morgan fingerprint density at radius 3 is 2.28 bits per heavy atom. The Labute approximate surface area is 230 Å². The van der Waals surface area contributed by atoms with Crippen molar-refractivity contribution in [3.63, 3.8) is 0 Å². The third-order valence-corrected chi connectivity index (χ3v) is 6.94. The fourth-order valence-corrected chi connectivity index (χ4v) is 4.79. The second-order valence-corrected chi connectivity index (χ2v) is 10.6. The molecule has 1 aromatic heterocycles. The lowest BCUT2D eigenvalue weighted by molar-refractivity contribution is -0.132. The second kappa shape index (κ2) is 13.0. The molecule has 2 heterocycles. The highest BCUT2D eigenvalue weighted by Crippen LogP contribution is 2.21. The van der Waals surface area contributed by atoms with E-state index in [1.54, 1.807) is 15.5 Å². The zero-order valence-electron chi connectivity index (χ0n) is 23.1. The van der Waals surface area contributed by atoms with Crippen molar-refractivity contribution in [3.05, 3.63) is 93.9 Å². The molecule has 39 heavy (non-hydrogen) atoms. The average molecular weight is 534 g/mol. The van der Waals surface area contributed by atoms with Crippen LogP contribution in [-0.4, -0.2) is 70.4 Å². The molecule has 0 radical (unpaired) electrons. The Morgan fingerprint density at radius 1 is 0.897 bits per heavy atom. The van der Waals surface area contributed by atoms with E-state index in [4.69, 9.17) is 9.47 Å². The van der Waals surface area contributed by atoms with Crippen molar-refractivity contribution in [1.29, 1.82) is 0 Å². The number of benzene rings is 2. The summed E-state index contributed by atoms with van der Waals surface area (Å²) in [4.78, 5) is 28.0. The van der Waals surface area contributed by atoms with Crippen LogP contribution in [0.1, 0.15) is 30.0 Å². The summed E-state index contributed by atoms with van der Waals surface area (Å²) in [6.45, 7) is 9.20. The van der Waals surface area contributed by atoms with E-state index in [2.05, 4.69) is 4.90 Å². The summed E-state index contributed by atoms with van der Waals surface area (Å²) in [5, 5.41) is 11.5. The molecule has 1 N–H and O–H groups in total. The molecule has 4 rings (SSSR count). The smallest absolute Gasteiger partial charge is 0.250 e. The van der Waals surface area contributed by atoms with E-state index in [9.17, 15) is 14.7 Å². The molecule has 1 fully saturated rings. The van der Waals surface area contributed by atoms with Crippen LogP contribution in [-0.2, 0) is 17.9 Å². The number of ether oxygens (including phenoxy) is 2. The van der Waals surface area contributed by atoms with E-state index in [0.717, 1.165) is 28.9 Å². The maximum atomic E-state index is 12.2. The predicted octanol–water partition coefficient (Wildman–Crippen LogP) is 3.41. The summed E-state index contributed by atoms with van der Waals surface area (Å²) in [5.41, 5.74) is 2.09. The third-order valence-electron chi connectivity index (χ3n) is 6.94. The van der Waals surface area contributed by atoms with Gasteiger partial charge in [-0.1, -0.05) is 35.9 Å². The van der Waals surface area contributed by atoms with Crippen LogP contribution in [0.4, 0.5) is 0 Å². The standard InChI is InChI=1S/C31H39N3O5/c1-24-5-10-29(11-6-24)39-23-31(37)21-32(16-17-34(22-31)26(3)35)20-27-8-12-28(13-9-27)38-18-4-15-33-19-25(2)7-14-30(33)36/h5-14,19,37H,4,15-18,20-23H2,1-3H3/t31-/m0/s1. The van der Waals surface area contributed by atoms with Crippen LogP contribution >= 0.6 is 0 Å². The number of aryl methyl sites for hydroxylation is 3. The normalized spacial score (nSPS) is 18.0. The molecule has 3 aromatic rings. The summed E-state index contributed by atoms with van der Waals surface area (Å²) >= 11 is 0. The molecule has 1 amide bonds. The Morgan fingerprint density at radius 2 is 1.56 bits per heavy atom. The molecule has 8 nitrogen and oxygen atoms in total. The van der Waals surface area contributed by atoms with Gasteiger partial charge in [0, 0.05) is 51.9 Å². The Kier molecular flexibility index (Phi) is 9.43. The number of carbonyl (C=O) groups excluding carboxylic acids is 1. The molecule has 8 heteroatoms. The van der Waals surface area contributed by atoms with Crippen molar-refractivity contribution >= 4 is 5.91 Å². The van der Waals surface area contributed by atoms with Gasteiger partial charge in [0.05, 0.1) is 13.2 Å². The van der Waals surface area contributed by atoms with E-state index >= 15 is 0 Å². The molecule has 2 aromatic carbocycles. The van der Waals surface area contributed by atoms with Gasteiger partial charge in [-0.05, 0) is 55.7 Å². The lowest BCUT2D eigenvalue weighted by Crippen LogP contribution is -2.51. The van der Waals surface area contributed by atoms with Crippen LogP contribution in [0.3, 0.4) is 0 Å². The van der Waals surface area contributed by atoms with Crippen LogP contribution in [0.25, 0.3) is 0 Å². The number of hydrogen-bond acceptors (Lipinski definition) is 6. The van der Waals surface area contributed by atoms with Crippen molar-refractivity contribution in [2.75, 3.05) is 39.4 Å². The molecule has 1 aliphatic heterocycles. The van der Waals surface area contributed by atoms with Gasteiger partial charge in [-0.25, -0.2) is 0 Å². The van der Waals surface area contributed by atoms with Crippen LogP contribution < -0.4 is 15.0 Å². The first-order valence-corrected chi connectivity index (χ1v) is 13.5. The number of pyridine rings is 1. The minimum Gasteiger partial charge on any atom is -0.494 e. The number of rotatable bonds is 10. The van der Waals surface area contributed by atoms with Crippen LogP contribution in [0.15, 0.2) is 71.7 Å². The molecule has 1 atom stereocenters. The van der Waals surface area contributed by atoms with Crippen molar-refractivity contribution in [2.45, 2.75) is 45.9 Å². The lowest BCUT2D eigenvalue weighted by Gasteiger charge is -2.32. The lowest BCUT2D eigenvalue weighted by atomic mass is 10.0. The van der Waals surface area contributed by atoms with Gasteiger partial charge in [0.1, 0.15) is 23.7 Å². The topological polar surface area (TPSA) is 84.2 Å². The Bertz CT molecular complexity index is 1290. The molecular formula is C31H39N3O5. The highest BCUT2D eigenvalue weighted by atomic mass is 16.5. The van der Waals surface area contributed by atoms with Crippen LogP contribution in [0.5, 0.6) is 11.5 Å². The third kappa shape index (κ3) is 8.43. The highest BCUT2D eigenvalue weighted by Gasteiger charge is 2.36. The Hall–Kier alpha value is -3.62. The molecule has 1 saturated heterocycles. The number of hydrogen-bond donors (Lipinski definition) is 1. The zero-order chi connectivity index (χ0) is 27.8. The number of amides is 1. The quantitative estimate of drug-likeness (QED) is 0.402. The van der Waals surface area contributed by atoms with E-state index in [1.807, 2.05) is 74.6 Å². The van der Waals surface area contributed by atoms with Gasteiger partial charge in [-0.15, -0.1) is 0 Å². The summed E-state index contributed by atoms with van der Waals surface area (Å²) in [5.74, 6) is 1.41. The Balaban J connectivity index is 1.31. The molecule has 208 valence electrons. The summed E-state index contributed by atoms with van der Waals surface area (Å²) in [7, 11) is 0. The number of nitrogens with zero attached hydrogens (tertiary/aromatic N) is 3. The second-order valence-electron chi connectivity index (χ2n) is 10.6. The van der Waals surface area contributed by atoms with Gasteiger partial charge in [0.25, 0.3) is 5.56 Å². The largest absolute Gasteiger partial charge is 0.494 e. The number of aromatic nitrogens is 1. The van der Waals surface area contributed by atoms with Crippen LogP contribution in [0, 0.1) is 13.8 Å². The minimum atomic E-state index is -1.20. The van der Waals surface area contributed by atoms with Gasteiger partial charge in [-0.2, -0.15) is 0 Å². The predicted molar refractivity (Wildman–Crippen MR) is 151 cm³/mol. The first kappa shape index (κ1) is 28.4. The fourth-order valence-electron chi connectivity index (χ4n) is 4.79. The van der Waals surface area contributed by atoms with Crippen molar-refractivity contribution in [3.8, 4) is 11.5 Å². The first-order chi connectivity index (χ1) is 18.7. The van der Waals surface area contributed by atoms with Crippen LogP contribution in [0.2, 0.25) is 0 Å². The van der Waals surface area contributed by atoms with E-state index in [-0.39, 0.29) is 24.6 Å². The molecule has 0 aliphatic carbocycles. The van der Waals surface area contributed by atoms with E-state index in [0.29, 0.717) is 45.1 Å². The maximum Gasteiger partial charge on any atom is 0.250 e. The molecule has 0 unspecified atom stereocenters. The summed E-state index contributed by atoms with van der Waals surface area (Å²) < 4.78 is 13.5. The van der Waals surface area contributed by atoms with Gasteiger partial charge >= 0.3 is 0 Å². The van der Waals surface area contributed by atoms with Gasteiger partial charge in [0.15, 0.2) is 0 Å². The molecule has 1 aliphatic rings. The monoisotopic (exact) mass is 533 g/mol. The van der Waals surface area contributed by atoms with Crippen molar-refractivity contribution < 1.29 is 19.4 Å². The average Bonchev–Trinajstić information content (AvgIpc) is 3.08. The van der Waals surface area contributed by atoms with Crippen molar-refractivity contribution in [2.24, 2.45) is 0 Å². The minimum absolute atomic E-state index is 0.00139. The van der Waals surface area contributed by atoms with Gasteiger partial charge in [0.2, 0.25) is 5.91 Å². The number of β-amino-alcohol motifs (C(OH)–C–C–N with tert-alkyl or cyclic N) is 1. The van der Waals surface area contributed by atoms with Gasteiger partial charge < -0.3 is 24.0 Å². The van der Waals surface area contributed by atoms with Gasteiger partial charge in [-0.3, -0.25) is 14.5 Å². The maximum absolute atomic E-state index is 12.2. The zero-order valence-corrected chi connectivity index (χ0v) is 23.1. The first-order valence-electron chi connectivity index (χ1n) is 13.5. The van der Waals surface area contributed by atoms with E-state index in [1.165, 1.54) is 6.92 Å². The molecular weight excluding hydrogens is 494 g/mol. The molecule has 0 bridgehead atoms. The van der Waals surface area contributed by atoms with Crippen molar-refractivity contribution in [1.82, 2.24) is 14.4 Å². The fraction of sp³-hybridized carbons (Fsp3) is 0.419. The number of carbonyl (C=O) groups is 1. The van der Waals surface area contributed by atoms with E-state index < -0.39 is 5.60 Å². The molecule has 0 saturated carbocycles. The SMILES string of the molecule is CC(=O)N1CCN(Cc2ccc(OCCCn3cc(C)ccc3=O)cc2)C[C@@](O)(COc2ccc(C)cc2)C1. The number of aliphatic hydroxyl groups is 1. The summed E-state index contributed by atoms with van der Waals surface area (Å²) in [6.07, 6.45) is 2.60. The highest BCUT2D eigenvalue weighted by molar-refractivity contribution is 5.73. The molecule has 0 spiro atoms.